The molecule has 7 heavy (non-hydrogen) atoms. The van der Waals surface area contributed by atoms with Gasteiger partial charge in [-0.05, 0) is 0 Å². The summed E-state index contributed by atoms with van der Waals surface area (Å²) in [5.41, 5.74) is 0. The van der Waals surface area contributed by atoms with Crippen molar-refractivity contribution in [3.8, 4) is 0 Å². The van der Waals surface area contributed by atoms with Gasteiger partial charge in [0.05, 0.1) is 0 Å². The molecular formula is H18CoO6+8. The Kier molecular flexibility index (Phi) is 1400000. The molecule has 7 heteroatoms. The van der Waals surface area contributed by atoms with Crippen molar-refractivity contribution < 1.29 is 49.6 Å². The first-order chi connectivity index (χ1) is 0. The molecule has 0 spiro atoms. The largest absolute Gasteiger partial charge is 2.00 e. The second kappa shape index (κ2) is 2450. The molecule has 0 fully saturated rings. The van der Waals surface area contributed by atoms with Crippen molar-refractivity contribution in [2.75, 3.05) is 0 Å². The summed E-state index contributed by atoms with van der Waals surface area (Å²) in [5, 5.41) is 0. The summed E-state index contributed by atoms with van der Waals surface area (Å²) in [7, 11) is 0. The van der Waals surface area contributed by atoms with Crippen LogP contribution < -0.4 is 0 Å². The molecule has 0 saturated heterocycles. The molecule has 0 atom stereocenters. The average molecular weight is 173 g/mol. The van der Waals surface area contributed by atoms with E-state index in [1.54, 1.807) is 0 Å². The smallest absolute Gasteiger partial charge is 0.457 e. The van der Waals surface area contributed by atoms with E-state index in [2.05, 4.69) is 0 Å². The maximum Gasteiger partial charge on any atom is 2.00 e. The third kappa shape index (κ3) is 1610. The predicted octanol–water partition coefficient (Wildman–Crippen LogP) is -5.53. The fourth-order valence-electron chi connectivity index (χ4n) is 0. The van der Waals surface area contributed by atoms with E-state index < -0.39 is 0 Å². The third-order valence-corrected chi connectivity index (χ3v) is 0. The van der Waals surface area contributed by atoms with Crippen LogP contribution in [0.15, 0.2) is 0 Å². The normalized spacial score (nSPS) is 0. The van der Waals surface area contributed by atoms with E-state index in [1.807, 2.05) is 0 Å². The zero-order chi connectivity index (χ0) is 0. The van der Waals surface area contributed by atoms with Crippen LogP contribution in [0.25, 0.3) is 0 Å². The SMILES string of the molecule is [Co+2].[OH3+].[OH3+].[OH3+].[OH3+].[OH3+].[OH3+]. The van der Waals surface area contributed by atoms with Gasteiger partial charge in [0.2, 0.25) is 0 Å². The van der Waals surface area contributed by atoms with Gasteiger partial charge in [-0.1, -0.05) is 0 Å². The van der Waals surface area contributed by atoms with Crippen molar-refractivity contribution in [2.24, 2.45) is 0 Å². The maximum atomic E-state index is 0. The molecular weight excluding hydrogens is 155 g/mol. The van der Waals surface area contributed by atoms with Crippen molar-refractivity contribution in [1.29, 1.82) is 0 Å². The standard InChI is InChI=1S/Co.6H2O/h;6*1H2/q+2;;;;;;/p+6. The van der Waals surface area contributed by atoms with Gasteiger partial charge in [-0.2, -0.15) is 0 Å². The molecule has 0 heterocycles. The van der Waals surface area contributed by atoms with Crippen LogP contribution in [0.1, 0.15) is 0 Å². The summed E-state index contributed by atoms with van der Waals surface area (Å²) < 4.78 is 0. The molecule has 0 unspecified atom stereocenters. The van der Waals surface area contributed by atoms with Gasteiger partial charge < -0.3 is 32.9 Å². The Balaban J connectivity index is 0. The Morgan fingerprint density at radius 1 is 0.286 bits per heavy atom. The average Bonchev–Trinajstić information content (AvgIpc) is 0. The molecule has 55 valence electrons. The topological polar surface area (TPSA) is 198 Å². The molecule has 1 radical (unpaired) electrons. The molecule has 6 nitrogen and oxygen atoms in total. The van der Waals surface area contributed by atoms with Crippen molar-refractivity contribution >= 4 is 0 Å². The van der Waals surface area contributed by atoms with E-state index in [-0.39, 0.29) is 49.6 Å². The van der Waals surface area contributed by atoms with Crippen molar-refractivity contribution in [1.82, 2.24) is 0 Å². The van der Waals surface area contributed by atoms with Gasteiger partial charge in [0.25, 0.3) is 0 Å². The van der Waals surface area contributed by atoms with E-state index in [0.29, 0.717) is 0 Å². The molecule has 0 aromatic rings. The minimum atomic E-state index is 0. The molecule has 0 aromatic carbocycles. The molecule has 18 N–H and O–H groups in total. The van der Waals surface area contributed by atoms with Gasteiger partial charge in [-0.25, -0.2) is 0 Å². The second-order valence-electron chi connectivity index (χ2n) is 0. The fourth-order valence-corrected chi connectivity index (χ4v) is 0. The molecule has 0 rings (SSSR count). The van der Waals surface area contributed by atoms with Crippen LogP contribution in [0, 0.1) is 0 Å². The summed E-state index contributed by atoms with van der Waals surface area (Å²) in [5.74, 6) is 0. The van der Waals surface area contributed by atoms with Gasteiger partial charge >= 0.3 is 16.8 Å². The van der Waals surface area contributed by atoms with Gasteiger partial charge in [0, 0.05) is 0 Å². The summed E-state index contributed by atoms with van der Waals surface area (Å²) in [4.78, 5) is 0. The fraction of sp³-hybridized carbons (Fsp3) is 0. The first-order valence-electron chi connectivity index (χ1n) is 0. The Morgan fingerprint density at radius 3 is 0.286 bits per heavy atom. The van der Waals surface area contributed by atoms with Crippen LogP contribution in [0.5, 0.6) is 0 Å². The monoisotopic (exact) mass is 173 g/mol. The second-order valence-corrected chi connectivity index (χ2v) is 0. The van der Waals surface area contributed by atoms with Crippen molar-refractivity contribution in [3.05, 3.63) is 0 Å². The first kappa shape index (κ1) is 4020. The van der Waals surface area contributed by atoms with Gasteiger partial charge in [0.1, 0.15) is 0 Å². The summed E-state index contributed by atoms with van der Waals surface area (Å²) in [6.45, 7) is 0. The zero-order valence-electron chi connectivity index (χ0n) is 3.80. The van der Waals surface area contributed by atoms with Crippen LogP contribution in [-0.4, -0.2) is 0 Å². The molecule has 0 aliphatic carbocycles. The molecule has 0 aliphatic rings. The minimum absolute atomic E-state index is 0. The van der Waals surface area contributed by atoms with Gasteiger partial charge in [0.15, 0.2) is 0 Å². The number of rotatable bonds is 0. The summed E-state index contributed by atoms with van der Waals surface area (Å²) in [6.07, 6.45) is 0. The van der Waals surface area contributed by atoms with E-state index in [9.17, 15) is 0 Å². The van der Waals surface area contributed by atoms with Crippen LogP contribution >= 0.6 is 0 Å². The summed E-state index contributed by atoms with van der Waals surface area (Å²) >= 11 is 0. The summed E-state index contributed by atoms with van der Waals surface area (Å²) in [6, 6.07) is 0. The van der Waals surface area contributed by atoms with E-state index in [0.717, 1.165) is 0 Å². The quantitative estimate of drug-likeness (QED) is 0.315. The maximum absolute atomic E-state index is 0. The number of hydrogen-bond donors (Lipinski definition) is 0. The van der Waals surface area contributed by atoms with Crippen LogP contribution in [0.3, 0.4) is 0 Å². The van der Waals surface area contributed by atoms with Gasteiger partial charge in [-0.3, -0.25) is 0 Å². The van der Waals surface area contributed by atoms with Gasteiger partial charge in [-0.15, -0.1) is 0 Å². The molecule has 0 aromatic heterocycles. The molecule has 0 amide bonds. The Bertz CT molecular complexity index is 4.14. The third-order valence-electron chi connectivity index (χ3n) is 0. The number of hydrogen-bond acceptors (Lipinski definition) is 0. The van der Waals surface area contributed by atoms with E-state index >= 15 is 0 Å². The van der Waals surface area contributed by atoms with Crippen LogP contribution in [0.4, 0.5) is 0 Å². The molecule has 0 aliphatic heterocycles. The van der Waals surface area contributed by atoms with Crippen LogP contribution in [0.2, 0.25) is 0 Å². The molecule has 0 bridgehead atoms. The van der Waals surface area contributed by atoms with E-state index in [1.165, 1.54) is 0 Å². The van der Waals surface area contributed by atoms with Crippen molar-refractivity contribution in [2.45, 2.75) is 0 Å². The van der Waals surface area contributed by atoms with Crippen LogP contribution in [-0.2, 0) is 49.6 Å². The Morgan fingerprint density at radius 2 is 0.286 bits per heavy atom. The Hall–Kier alpha value is 0.266. The Labute approximate surface area is 50.6 Å². The zero-order valence-corrected chi connectivity index (χ0v) is 4.84. The van der Waals surface area contributed by atoms with E-state index in [4.69, 9.17) is 0 Å². The first-order valence-corrected chi connectivity index (χ1v) is 0. The molecule has 0 saturated carbocycles. The minimum Gasteiger partial charge on any atom is -0.457 e. The van der Waals surface area contributed by atoms with Crippen molar-refractivity contribution in [3.63, 3.8) is 0 Å². The predicted molar refractivity (Wildman–Crippen MR) is 29.2 cm³/mol.